The number of likely N-dealkylation sites (tertiary alicyclic amines) is 1. The summed E-state index contributed by atoms with van der Waals surface area (Å²) in [6.45, 7) is 5.32. The summed E-state index contributed by atoms with van der Waals surface area (Å²) in [6.07, 6.45) is 3.44. The van der Waals surface area contributed by atoms with Gasteiger partial charge in [-0.3, -0.25) is 9.78 Å². The first-order valence-electron chi connectivity index (χ1n) is 8.12. The molecule has 6 heteroatoms. The first kappa shape index (κ1) is 15.6. The van der Waals surface area contributed by atoms with Crippen molar-refractivity contribution in [2.75, 3.05) is 32.9 Å². The second-order valence-electron chi connectivity index (χ2n) is 6.67. The Bertz CT molecular complexity index is 733. The molecule has 2 aliphatic rings. The largest absolute Gasteiger partial charge is 0.491 e. The number of aromatic nitrogens is 1. The van der Waals surface area contributed by atoms with Crippen molar-refractivity contribution in [1.82, 2.24) is 9.88 Å². The van der Waals surface area contributed by atoms with E-state index in [9.17, 15) is 4.79 Å². The summed E-state index contributed by atoms with van der Waals surface area (Å²) in [5, 5.41) is 1.98. The second kappa shape index (κ2) is 6.18. The van der Waals surface area contributed by atoms with E-state index in [2.05, 4.69) is 4.98 Å². The van der Waals surface area contributed by atoms with Crippen LogP contribution < -0.4 is 4.74 Å². The minimum absolute atomic E-state index is 0.114. The molecule has 2 aromatic rings. The highest BCUT2D eigenvalue weighted by Gasteiger charge is 2.52. The van der Waals surface area contributed by atoms with Crippen LogP contribution >= 0.6 is 11.3 Å². The maximum Gasteiger partial charge on any atom is 0.264 e. The fraction of sp³-hybridized carbons (Fsp3) is 0.444. The molecule has 0 aromatic carbocycles. The van der Waals surface area contributed by atoms with Gasteiger partial charge >= 0.3 is 0 Å². The zero-order chi connectivity index (χ0) is 16.6. The topological polar surface area (TPSA) is 51.7 Å². The van der Waals surface area contributed by atoms with Gasteiger partial charge in [0.05, 0.1) is 36.3 Å². The average molecular weight is 344 g/mol. The molecule has 0 aliphatic carbocycles. The van der Waals surface area contributed by atoms with Gasteiger partial charge in [-0.05, 0) is 36.1 Å². The number of aryl methyl sites for hydroxylation is 1. The lowest BCUT2D eigenvalue weighted by molar-refractivity contribution is 0.0663. The molecule has 1 amide bonds. The minimum Gasteiger partial charge on any atom is -0.491 e. The molecule has 2 atom stereocenters. The summed E-state index contributed by atoms with van der Waals surface area (Å²) in [5.41, 5.74) is 0.940. The summed E-state index contributed by atoms with van der Waals surface area (Å²) < 4.78 is 11.7. The SMILES string of the molecule is Cc1ccsc1C(=O)N1C[C@@H]2COC[C@@]2(COc2cccnc2)C1. The van der Waals surface area contributed by atoms with Gasteiger partial charge in [-0.15, -0.1) is 11.3 Å². The van der Waals surface area contributed by atoms with Gasteiger partial charge in [0, 0.05) is 25.2 Å². The van der Waals surface area contributed by atoms with E-state index in [0.29, 0.717) is 32.3 Å². The predicted molar refractivity (Wildman–Crippen MR) is 91.4 cm³/mol. The number of rotatable bonds is 4. The molecule has 2 aliphatic heterocycles. The van der Waals surface area contributed by atoms with Crippen LogP contribution in [0.25, 0.3) is 0 Å². The lowest BCUT2D eigenvalue weighted by Gasteiger charge is -2.27. The van der Waals surface area contributed by atoms with Crippen molar-refractivity contribution in [2.45, 2.75) is 6.92 Å². The molecular weight excluding hydrogens is 324 g/mol. The van der Waals surface area contributed by atoms with Crippen LogP contribution in [0.15, 0.2) is 36.0 Å². The number of ether oxygens (including phenoxy) is 2. The summed E-state index contributed by atoms with van der Waals surface area (Å²) in [7, 11) is 0. The van der Waals surface area contributed by atoms with Crippen LogP contribution in [-0.4, -0.2) is 48.7 Å². The van der Waals surface area contributed by atoms with Crippen molar-refractivity contribution in [2.24, 2.45) is 11.3 Å². The van der Waals surface area contributed by atoms with E-state index in [4.69, 9.17) is 9.47 Å². The van der Waals surface area contributed by atoms with Gasteiger partial charge in [-0.1, -0.05) is 0 Å². The third kappa shape index (κ3) is 2.70. The maximum atomic E-state index is 12.8. The van der Waals surface area contributed by atoms with Crippen LogP contribution in [-0.2, 0) is 4.74 Å². The lowest BCUT2D eigenvalue weighted by atomic mass is 9.82. The Kier molecular flexibility index (Phi) is 4.02. The third-order valence-corrected chi connectivity index (χ3v) is 6.03. The van der Waals surface area contributed by atoms with Gasteiger partial charge in [-0.2, -0.15) is 0 Å². The van der Waals surface area contributed by atoms with Gasteiger partial charge in [0.15, 0.2) is 0 Å². The molecule has 4 heterocycles. The van der Waals surface area contributed by atoms with E-state index in [0.717, 1.165) is 22.7 Å². The summed E-state index contributed by atoms with van der Waals surface area (Å²) in [5.74, 6) is 1.23. The molecule has 0 spiro atoms. The van der Waals surface area contributed by atoms with Crippen LogP contribution in [0, 0.1) is 18.3 Å². The van der Waals surface area contributed by atoms with Gasteiger partial charge in [0.1, 0.15) is 5.75 Å². The van der Waals surface area contributed by atoms with Crippen molar-refractivity contribution < 1.29 is 14.3 Å². The van der Waals surface area contributed by atoms with E-state index in [1.807, 2.05) is 35.4 Å². The standard InChI is InChI=1S/C18H20N2O3S/c1-13-4-6-24-16(13)17(21)20-8-14-9-22-11-18(14,10-20)12-23-15-3-2-5-19-7-15/h2-7,14H,8-12H2,1H3/t14-,18-/m1/s1. The number of carbonyl (C=O) groups excluding carboxylic acids is 1. The Morgan fingerprint density at radius 2 is 2.46 bits per heavy atom. The highest BCUT2D eigenvalue weighted by molar-refractivity contribution is 7.12. The van der Waals surface area contributed by atoms with E-state index in [-0.39, 0.29) is 11.3 Å². The first-order chi connectivity index (χ1) is 11.7. The van der Waals surface area contributed by atoms with Crippen LogP contribution in [0.5, 0.6) is 5.75 Å². The molecule has 5 nitrogen and oxygen atoms in total. The molecule has 2 saturated heterocycles. The Hall–Kier alpha value is -1.92. The Morgan fingerprint density at radius 1 is 1.54 bits per heavy atom. The average Bonchev–Trinajstić information content (AvgIpc) is 3.27. The number of nitrogens with zero attached hydrogens (tertiary/aromatic N) is 2. The van der Waals surface area contributed by atoms with Gasteiger partial charge in [0.2, 0.25) is 0 Å². The molecule has 24 heavy (non-hydrogen) atoms. The number of hydrogen-bond acceptors (Lipinski definition) is 5. The van der Waals surface area contributed by atoms with Crippen molar-refractivity contribution in [3.63, 3.8) is 0 Å². The number of carbonyl (C=O) groups is 1. The van der Waals surface area contributed by atoms with E-state index in [1.54, 1.807) is 12.4 Å². The Balaban J connectivity index is 1.49. The molecule has 2 fully saturated rings. The molecule has 0 unspecified atom stereocenters. The molecule has 126 valence electrons. The fourth-order valence-electron chi connectivity index (χ4n) is 3.59. The predicted octanol–water partition coefficient (Wildman–Crippen LogP) is 2.62. The van der Waals surface area contributed by atoms with Crippen LogP contribution in [0.1, 0.15) is 15.2 Å². The zero-order valence-corrected chi connectivity index (χ0v) is 14.4. The molecule has 2 aromatic heterocycles. The smallest absolute Gasteiger partial charge is 0.264 e. The van der Waals surface area contributed by atoms with Crippen molar-refractivity contribution in [3.8, 4) is 5.75 Å². The van der Waals surface area contributed by atoms with Crippen molar-refractivity contribution >= 4 is 17.2 Å². The minimum atomic E-state index is -0.114. The van der Waals surface area contributed by atoms with Gasteiger partial charge in [-0.25, -0.2) is 0 Å². The quantitative estimate of drug-likeness (QED) is 0.856. The number of hydrogen-bond donors (Lipinski definition) is 0. The molecular formula is C18H20N2O3S. The van der Waals surface area contributed by atoms with Crippen molar-refractivity contribution in [3.05, 3.63) is 46.4 Å². The van der Waals surface area contributed by atoms with Gasteiger partial charge in [0.25, 0.3) is 5.91 Å². The summed E-state index contributed by atoms with van der Waals surface area (Å²) in [4.78, 5) is 19.7. The molecule has 4 rings (SSSR count). The van der Waals surface area contributed by atoms with Crippen molar-refractivity contribution in [1.29, 1.82) is 0 Å². The highest BCUT2D eigenvalue weighted by atomic mass is 32.1. The second-order valence-corrected chi connectivity index (χ2v) is 7.59. The molecule has 0 N–H and O–H groups in total. The maximum absolute atomic E-state index is 12.8. The van der Waals surface area contributed by atoms with Crippen LogP contribution in [0.3, 0.4) is 0 Å². The third-order valence-electron chi connectivity index (χ3n) is 5.03. The van der Waals surface area contributed by atoms with Crippen LogP contribution in [0.4, 0.5) is 0 Å². The number of fused-ring (bicyclic) bond motifs is 1. The molecule has 0 saturated carbocycles. The number of amides is 1. The summed E-state index contributed by atoms with van der Waals surface area (Å²) >= 11 is 1.52. The lowest BCUT2D eigenvalue weighted by Crippen LogP contribution is -2.38. The highest BCUT2D eigenvalue weighted by Crippen LogP contribution is 2.42. The molecule has 0 bridgehead atoms. The van der Waals surface area contributed by atoms with Gasteiger partial charge < -0.3 is 14.4 Å². The number of pyridine rings is 1. The monoisotopic (exact) mass is 344 g/mol. The Morgan fingerprint density at radius 3 is 3.21 bits per heavy atom. The number of thiophene rings is 1. The first-order valence-corrected chi connectivity index (χ1v) is 9.00. The fourth-order valence-corrected chi connectivity index (χ4v) is 4.48. The zero-order valence-electron chi connectivity index (χ0n) is 13.6. The van der Waals surface area contributed by atoms with E-state index >= 15 is 0 Å². The summed E-state index contributed by atoms with van der Waals surface area (Å²) in [6, 6.07) is 5.76. The van der Waals surface area contributed by atoms with E-state index < -0.39 is 0 Å². The molecule has 0 radical (unpaired) electrons. The Labute approximate surface area is 145 Å². The normalized spacial score (nSPS) is 25.7. The van der Waals surface area contributed by atoms with E-state index in [1.165, 1.54) is 11.3 Å². The van der Waals surface area contributed by atoms with Crippen LogP contribution in [0.2, 0.25) is 0 Å².